The predicted molar refractivity (Wildman–Crippen MR) is 92.4 cm³/mol. The van der Waals surface area contributed by atoms with Gasteiger partial charge < -0.3 is 15.2 Å². The number of carbonyl (C=O) groups is 3. The van der Waals surface area contributed by atoms with Gasteiger partial charge in [0.05, 0.1) is 0 Å². The predicted octanol–water partition coefficient (Wildman–Crippen LogP) is 2.23. The molecule has 0 aliphatic rings. The average Bonchev–Trinajstić information content (AvgIpc) is 2.50. The van der Waals surface area contributed by atoms with E-state index in [1.807, 2.05) is 30.3 Å². The molecule has 7 heteroatoms. The zero-order valence-electron chi connectivity index (χ0n) is 15.3. The Morgan fingerprint density at radius 2 is 1.64 bits per heavy atom. The lowest BCUT2D eigenvalue weighted by atomic mass is 10.2. The number of carbonyl (C=O) groups excluding carboxylic acids is 3. The van der Waals surface area contributed by atoms with E-state index in [9.17, 15) is 14.4 Å². The van der Waals surface area contributed by atoms with E-state index in [-0.39, 0.29) is 6.54 Å². The summed E-state index contributed by atoms with van der Waals surface area (Å²) in [5.41, 5.74) is 5.48. The van der Waals surface area contributed by atoms with E-state index in [2.05, 4.69) is 0 Å². The zero-order chi connectivity index (χ0) is 19.2. The number of amides is 1. The van der Waals surface area contributed by atoms with Gasteiger partial charge in [0.15, 0.2) is 0 Å². The molecule has 7 nitrogen and oxygen atoms in total. The Bertz CT molecular complexity index is 608. The minimum absolute atomic E-state index is 0.137. The molecule has 0 radical (unpaired) electrons. The number of nitrogens with two attached hydrogens (primary N) is 1. The summed E-state index contributed by atoms with van der Waals surface area (Å²) in [6.45, 7) is 8.22. The summed E-state index contributed by atoms with van der Waals surface area (Å²) in [7, 11) is 0. The zero-order valence-corrected chi connectivity index (χ0v) is 15.3. The largest absolute Gasteiger partial charge is 0.444 e. The highest BCUT2D eigenvalue weighted by molar-refractivity contribution is 5.91. The fraction of sp³-hybridized carbons (Fsp3) is 0.500. The minimum atomic E-state index is -1.02. The fourth-order valence-electron chi connectivity index (χ4n) is 1.86. The van der Waals surface area contributed by atoms with Crippen molar-refractivity contribution >= 4 is 18.0 Å². The molecular weight excluding hydrogens is 324 g/mol. The molecule has 2 atom stereocenters. The number of ether oxygens (including phenoxy) is 2. The molecule has 0 fully saturated rings. The summed E-state index contributed by atoms with van der Waals surface area (Å²) >= 11 is 0. The smallest absolute Gasteiger partial charge is 0.411 e. The van der Waals surface area contributed by atoms with Crippen LogP contribution in [0.1, 0.15) is 40.2 Å². The molecule has 0 saturated carbocycles. The van der Waals surface area contributed by atoms with Crippen molar-refractivity contribution in [3.8, 4) is 0 Å². The van der Waals surface area contributed by atoms with Crippen LogP contribution in [0.5, 0.6) is 0 Å². The Labute approximate surface area is 148 Å². The number of rotatable bonds is 5. The van der Waals surface area contributed by atoms with Gasteiger partial charge in [-0.25, -0.2) is 14.4 Å². The van der Waals surface area contributed by atoms with Gasteiger partial charge in [-0.3, -0.25) is 4.90 Å². The second kappa shape index (κ2) is 8.62. The lowest BCUT2D eigenvalue weighted by Gasteiger charge is -2.30. The molecule has 0 aliphatic carbocycles. The Kier molecular flexibility index (Phi) is 7.11. The Morgan fingerprint density at radius 1 is 1.08 bits per heavy atom. The molecule has 1 aromatic rings. The van der Waals surface area contributed by atoms with Gasteiger partial charge in [-0.1, -0.05) is 30.3 Å². The first-order valence-corrected chi connectivity index (χ1v) is 8.06. The molecule has 0 heterocycles. The molecule has 0 spiro atoms. The van der Waals surface area contributed by atoms with Crippen LogP contribution < -0.4 is 5.73 Å². The molecule has 138 valence electrons. The van der Waals surface area contributed by atoms with Crippen LogP contribution in [0.2, 0.25) is 0 Å². The number of esters is 2. The van der Waals surface area contributed by atoms with E-state index in [4.69, 9.17) is 15.2 Å². The third-order valence-corrected chi connectivity index (χ3v) is 3.21. The molecule has 1 rings (SSSR count). The maximum atomic E-state index is 12.5. The molecule has 0 aromatic heterocycles. The summed E-state index contributed by atoms with van der Waals surface area (Å²) in [5, 5.41) is 0. The molecular formula is C18H26N2O5. The fourth-order valence-corrected chi connectivity index (χ4v) is 1.86. The van der Waals surface area contributed by atoms with Crippen molar-refractivity contribution in [3.05, 3.63) is 35.9 Å². The van der Waals surface area contributed by atoms with Crippen LogP contribution >= 0.6 is 0 Å². The first-order chi connectivity index (χ1) is 11.5. The van der Waals surface area contributed by atoms with Crippen LogP contribution in [0.3, 0.4) is 0 Å². The van der Waals surface area contributed by atoms with Gasteiger partial charge >= 0.3 is 18.0 Å². The average molecular weight is 350 g/mol. The molecule has 0 bridgehead atoms. The van der Waals surface area contributed by atoms with Gasteiger partial charge in [0.25, 0.3) is 0 Å². The van der Waals surface area contributed by atoms with Crippen LogP contribution in [0.15, 0.2) is 30.3 Å². The van der Waals surface area contributed by atoms with Crippen molar-refractivity contribution in [1.82, 2.24) is 4.90 Å². The minimum Gasteiger partial charge on any atom is -0.444 e. The van der Waals surface area contributed by atoms with Gasteiger partial charge in [-0.2, -0.15) is 0 Å². The van der Waals surface area contributed by atoms with Crippen LogP contribution in [0, 0.1) is 0 Å². The van der Waals surface area contributed by atoms with E-state index < -0.39 is 35.7 Å². The third kappa shape index (κ3) is 6.93. The molecule has 1 aromatic carbocycles. The maximum Gasteiger partial charge on any atom is 0.411 e. The van der Waals surface area contributed by atoms with Gasteiger partial charge in [0, 0.05) is 6.54 Å². The molecule has 0 aliphatic heterocycles. The molecule has 0 unspecified atom stereocenters. The summed E-state index contributed by atoms with van der Waals surface area (Å²) in [5.74, 6) is -1.70. The lowest BCUT2D eigenvalue weighted by molar-refractivity contribution is -0.163. The van der Waals surface area contributed by atoms with E-state index in [0.29, 0.717) is 0 Å². The molecule has 0 saturated heterocycles. The topological polar surface area (TPSA) is 98.9 Å². The van der Waals surface area contributed by atoms with Crippen molar-refractivity contribution in [2.45, 2.75) is 58.8 Å². The van der Waals surface area contributed by atoms with E-state index in [0.717, 1.165) is 5.56 Å². The normalized spacial score (nSPS) is 13.5. The van der Waals surface area contributed by atoms with Gasteiger partial charge in [-0.15, -0.1) is 0 Å². The SMILES string of the molecule is C[C@H](N)C(=O)OC(=O)[C@H](C)N(Cc1ccccc1)C(=O)OC(C)(C)C. The van der Waals surface area contributed by atoms with E-state index in [1.54, 1.807) is 20.8 Å². The van der Waals surface area contributed by atoms with Gasteiger partial charge in [0.1, 0.15) is 17.7 Å². The van der Waals surface area contributed by atoms with Crippen molar-refractivity contribution in [2.24, 2.45) is 5.73 Å². The monoisotopic (exact) mass is 350 g/mol. The van der Waals surface area contributed by atoms with Crippen molar-refractivity contribution in [1.29, 1.82) is 0 Å². The molecule has 25 heavy (non-hydrogen) atoms. The van der Waals surface area contributed by atoms with Crippen molar-refractivity contribution < 1.29 is 23.9 Å². The second-order valence-electron chi connectivity index (χ2n) is 6.80. The number of nitrogens with zero attached hydrogens (tertiary/aromatic N) is 1. The number of hydrogen-bond acceptors (Lipinski definition) is 6. The van der Waals surface area contributed by atoms with Gasteiger partial charge in [-0.05, 0) is 40.2 Å². The third-order valence-electron chi connectivity index (χ3n) is 3.21. The Hall–Kier alpha value is -2.41. The number of hydrogen-bond donors (Lipinski definition) is 1. The standard InChI is InChI=1S/C18H26N2O5/c1-12(19)15(21)24-16(22)13(2)20(17(23)25-18(3,4)5)11-14-9-7-6-8-10-14/h6-10,12-13H,11,19H2,1-5H3/t12-,13-/m0/s1. The van der Waals surface area contributed by atoms with Crippen molar-refractivity contribution in [2.75, 3.05) is 0 Å². The first kappa shape index (κ1) is 20.6. The Morgan fingerprint density at radius 3 is 2.12 bits per heavy atom. The van der Waals surface area contributed by atoms with E-state index >= 15 is 0 Å². The highest BCUT2D eigenvalue weighted by Gasteiger charge is 2.32. The Balaban J connectivity index is 2.97. The van der Waals surface area contributed by atoms with Crippen LogP contribution in [0.25, 0.3) is 0 Å². The quantitative estimate of drug-likeness (QED) is 0.646. The van der Waals surface area contributed by atoms with Crippen LogP contribution in [-0.2, 0) is 25.6 Å². The lowest BCUT2D eigenvalue weighted by Crippen LogP contribution is -2.47. The summed E-state index contributed by atoms with van der Waals surface area (Å²) in [4.78, 5) is 37.5. The molecule has 1 amide bonds. The molecule has 2 N–H and O–H groups in total. The van der Waals surface area contributed by atoms with Crippen molar-refractivity contribution in [3.63, 3.8) is 0 Å². The number of benzene rings is 1. The second-order valence-corrected chi connectivity index (χ2v) is 6.80. The summed E-state index contributed by atoms with van der Waals surface area (Å²) < 4.78 is 10.1. The first-order valence-electron chi connectivity index (χ1n) is 8.06. The highest BCUT2D eigenvalue weighted by Crippen LogP contribution is 2.16. The summed E-state index contributed by atoms with van der Waals surface area (Å²) in [6, 6.07) is 7.19. The van der Waals surface area contributed by atoms with Crippen LogP contribution in [0.4, 0.5) is 4.79 Å². The van der Waals surface area contributed by atoms with Crippen LogP contribution in [-0.4, -0.2) is 40.6 Å². The summed E-state index contributed by atoms with van der Waals surface area (Å²) in [6.07, 6.45) is -0.672. The van der Waals surface area contributed by atoms with Gasteiger partial charge in [0.2, 0.25) is 0 Å². The van der Waals surface area contributed by atoms with E-state index in [1.165, 1.54) is 18.7 Å². The maximum absolute atomic E-state index is 12.5. The highest BCUT2D eigenvalue weighted by atomic mass is 16.6.